The molecule has 2 N–H and O–H groups in total. The summed E-state index contributed by atoms with van der Waals surface area (Å²) in [4.78, 5) is 18.8. The van der Waals surface area contributed by atoms with Gasteiger partial charge in [-0.15, -0.1) is 12.4 Å². The predicted molar refractivity (Wildman–Crippen MR) is 85.7 cm³/mol. The van der Waals surface area contributed by atoms with Gasteiger partial charge in [0.05, 0.1) is 5.69 Å². The van der Waals surface area contributed by atoms with Gasteiger partial charge >= 0.3 is 0 Å². The number of hydrogen-bond donors (Lipinski definition) is 1. The van der Waals surface area contributed by atoms with Crippen LogP contribution in [0.2, 0.25) is 0 Å². The number of nitrogens with two attached hydrogens (primary N) is 1. The van der Waals surface area contributed by atoms with Crippen molar-refractivity contribution in [3.05, 3.63) is 46.5 Å². The Kier molecular flexibility index (Phi) is 4.98. The van der Waals surface area contributed by atoms with Gasteiger partial charge in [0.1, 0.15) is 5.65 Å². The molecule has 1 aliphatic rings. The largest absolute Gasteiger partial charge is 0.329 e. The molecule has 0 aromatic carbocycles. The maximum atomic E-state index is 12.0. The van der Waals surface area contributed by atoms with Crippen molar-refractivity contribution in [1.29, 1.82) is 0 Å². The first-order valence-electron chi connectivity index (χ1n) is 7.06. The fourth-order valence-electron chi connectivity index (χ4n) is 2.77. The highest BCUT2D eigenvalue weighted by molar-refractivity contribution is 5.85. The number of likely N-dealkylation sites (N-methyl/N-ethyl adjacent to an activating group) is 1. The van der Waals surface area contributed by atoms with Crippen LogP contribution in [0.3, 0.4) is 0 Å². The number of halogens is 1. The van der Waals surface area contributed by atoms with Crippen molar-refractivity contribution in [3.63, 3.8) is 0 Å². The summed E-state index contributed by atoms with van der Waals surface area (Å²) in [5, 5.41) is 0. The van der Waals surface area contributed by atoms with Crippen LogP contribution in [0.25, 0.3) is 5.65 Å². The van der Waals surface area contributed by atoms with Crippen LogP contribution in [0.15, 0.2) is 35.3 Å². The molecular formula is C15H21ClN4O. The number of pyridine rings is 1. The summed E-state index contributed by atoms with van der Waals surface area (Å²) in [6, 6.07) is 7.59. The molecule has 1 aliphatic carbocycles. The standard InChI is InChI=1S/C15H20N4O.ClH/c1-18(13(9-16)11-5-6-11)10-12-8-15(20)19-7-3-2-4-14(19)17-12;/h2-4,7-8,11,13H,5-6,9-10,16H2,1H3;1H. The molecule has 0 spiro atoms. The molecule has 1 fully saturated rings. The van der Waals surface area contributed by atoms with E-state index in [4.69, 9.17) is 5.73 Å². The first kappa shape index (κ1) is 15.9. The third kappa shape index (κ3) is 3.43. The van der Waals surface area contributed by atoms with E-state index in [1.165, 1.54) is 12.8 Å². The van der Waals surface area contributed by atoms with Crippen molar-refractivity contribution in [1.82, 2.24) is 14.3 Å². The predicted octanol–water partition coefficient (Wildman–Crippen LogP) is 1.29. The second kappa shape index (κ2) is 6.56. The molecule has 0 saturated heterocycles. The van der Waals surface area contributed by atoms with Crippen molar-refractivity contribution < 1.29 is 0 Å². The summed E-state index contributed by atoms with van der Waals surface area (Å²) in [5.74, 6) is 0.714. The van der Waals surface area contributed by atoms with Crippen LogP contribution >= 0.6 is 12.4 Å². The highest BCUT2D eigenvalue weighted by Crippen LogP contribution is 2.34. The molecule has 5 nitrogen and oxygen atoms in total. The van der Waals surface area contributed by atoms with Crippen molar-refractivity contribution >= 4 is 18.1 Å². The zero-order chi connectivity index (χ0) is 14.1. The molecule has 0 radical (unpaired) electrons. The zero-order valence-corrected chi connectivity index (χ0v) is 12.9. The maximum absolute atomic E-state index is 12.0. The van der Waals surface area contributed by atoms with E-state index in [1.807, 2.05) is 18.2 Å². The second-order valence-corrected chi connectivity index (χ2v) is 5.57. The van der Waals surface area contributed by atoms with Crippen molar-refractivity contribution in [2.24, 2.45) is 11.7 Å². The van der Waals surface area contributed by atoms with Crippen LogP contribution < -0.4 is 11.3 Å². The third-order valence-electron chi connectivity index (χ3n) is 4.01. The Morgan fingerprint density at radius 3 is 2.90 bits per heavy atom. The summed E-state index contributed by atoms with van der Waals surface area (Å²) in [6.45, 7) is 1.33. The van der Waals surface area contributed by atoms with Crippen LogP contribution in [0.1, 0.15) is 18.5 Å². The lowest BCUT2D eigenvalue weighted by Crippen LogP contribution is -2.39. The number of rotatable bonds is 5. The Labute approximate surface area is 130 Å². The number of fused-ring (bicyclic) bond motifs is 1. The maximum Gasteiger partial charge on any atom is 0.258 e. The lowest BCUT2D eigenvalue weighted by molar-refractivity contribution is 0.213. The van der Waals surface area contributed by atoms with Gasteiger partial charge in [-0.1, -0.05) is 6.07 Å². The first-order valence-corrected chi connectivity index (χ1v) is 7.06. The smallest absolute Gasteiger partial charge is 0.258 e. The quantitative estimate of drug-likeness (QED) is 0.904. The summed E-state index contributed by atoms with van der Waals surface area (Å²) in [5.41, 5.74) is 7.33. The average Bonchev–Trinajstić information content (AvgIpc) is 3.24. The summed E-state index contributed by atoms with van der Waals surface area (Å²) in [6.07, 6.45) is 4.27. The molecular weight excluding hydrogens is 288 g/mol. The van der Waals surface area contributed by atoms with Gasteiger partial charge in [-0.25, -0.2) is 4.98 Å². The van der Waals surface area contributed by atoms with E-state index in [2.05, 4.69) is 16.9 Å². The lowest BCUT2D eigenvalue weighted by atomic mass is 10.1. The fraction of sp³-hybridized carbons (Fsp3) is 0.467. The van der Waals surface area contributed by atoms with Gasteiger partial charge in [0.25, 0.3) is 5.56 Å². The van der Waals surface area contributed by atoms with E-state index in [-0.39, 0.29) is 18.0 Å². The van der Waals surface area contributed by atoms with Gasteiger partial charge in [0.15, 0.2) is 0 Å². The molecule has 1 saturated carbocycles. The summed E-state index contributed by atoms with van der Waals surface area (Å²) < 4.78 is 1.56. The zero-order valence-electron chi connectivity index (χ0n) is 12.1. The molecule has 1 atom stereocenters. The fourth-order valence-corrected chi connectivity index (χ4v) is 2.77. The van der Waals surface area contributed by atoms with Gasteiger partial charge in [-0.3, -0.25) is 14.1 Å². The number of hydrogen-bond acceptors (Lipinski definition) is 4. The number of nitrogens with zero attached hydrogens (tertiary/aromatic N) is 3. The van der Waals surface area contributed by atoms with Crippen LogP contribution in [-0.4, -0.2) is 33.9 Å². The van der Waals surface area contributed by atoms with E-state index in [9.17, 15) is 4.79 Å². The molecule has 21 heavy (non-hydrogen) atoms. The van der Waals surface area contributed by atoms with Gasteiger partial charge in [0.2, 0.25) is 0 Å². The normalized spacial score (nSPS) is 16.0. The summed E-state index contributed by atoms with van der Waals surface area (Å²) in [7, 11) is 2.06. The number of aromatic nitrogens is 2. The monoisotopic (exact) mass is 308 g/mol. The Bertz CT molecular complexity index is 668. The van der Waals surface area contributed by atoms with Crippen LogP contribution in [0.4, 0.5) is 0 Å². The Balaban J connectivity index is 0.00000161. The molecule has 114 valence electrons. The molecule has 3 rings (SSSR count). The van der Waals surface area contributed by atoms with Crippen LogP contribution in [0, 0.1) is 5.92 Å². The molecule has 6 heteroatoms. The Hall–Kier alpha value is -1.43. The van der Waals surface area contributed by atoms with Crippen LogP contribution in [-0.2, 0) is 6.54 Å². The summed E-state index contributed by atoms with van der Waals surface area (Å²) >= 11 is 0. The molecule has 1 unspecified atom stereocenters. The molecule has 2 aromatic rings. The highest BCUT2D eigenvalue weighted by atomic mass is 35.5. The van der Waals surface area contributed by atoms with Crippen LogP contribution in [0.5, 0.6) is 0 Å². The molecule has 2 heterocycles. The molecule has 2 aromatic heterocycles. The van der Waals surface area contributed by atoms with Gasteiger partial charge < -0.3 is 5.73 Å². The molecule has 0 aliphatic heterocycles. The second-order valence-electron chi connectivity index (χ2n) is 5.57. The topological polar surface area (TPSA) is 63.6 Å². The van der Waals surface area contributed by atoms with E-state index in [0.717, 1.165) is 5.69 Å². The van der Waals surface area contributed by atoms with E-state index in [0.29, 0.717) is 30.7 Å². The van der Waals surface area contributed by atoms with Crippen molar-refractivity contribution in [2.45, 2.75) is 25.4 Å². The Morgan fingerprint density at radius 1 is 1.48 bits per heavy atom. The van der Waals surface area contributed by atoms with Gasteiger partial charge in [-0.2, -0.15) is 0 Å². The minimum absolute atomic E-state index is 0. The van der Waals surface area contributed by atoms with Gasteiger partial charge in [-0.05, 0) is 37.9 Å². The highest BCUT2D eigenvalue weighted by Gasteiger charge is 2.32. The molecule has 0 amide bonds. The molecule has 0 bridgehead atoms. The minimum atomic E-state index is -0.0327. The average molecular weight is 309 g/mol. The first-order chi connectivity index (χ1) is 9.69. The van der Waals surface area contributed by atoms with Gasteiger partial charge in [0, 0.05) is 31.4 Å². The third-order valence-corrected chi connectivity index (χ3v) is 4.01. The van der Waals surface area contributed by atoms with E-state index in [1.54, 1.807) is 16.7 Å². The Morgan fingerprint density at radius 2 is 2.24 bits per heavy atom. The SMILES string of the molecule is CN(Cc1cc(=O)n2ccccc2n1)C(CN)C1CC1.Cl. The minimum Gasteiger partial charge on any atom is -0.329 e. The van der Waals surface area contributed by atoms with Crippen molar-refractivity contribution in [3.8, 4) is 0 Å². The van der Waals surface area contributed by atoms with E-state index < -0.39 is 0 Å². The van der Waals surface area contributed by atoms with Crippen molar-refractivity contribution in [2.75, 3.05) is 13.6 Å². The van der Waals surface area contributed by atoms with E-state index >= 15 is 0 Å². The lowest BCUT2D eigenvalue weighted by Gasteiger charge is -2.26.